The molecule has 1 heterocycles. The van der Waals surface area contributed by atoms with Crippen LogP contribution in [0.2, 0.25) is 0 Å². The van der Waals surface area contributed by atoms with Gasteiger partial charge in [0.05, 0.1) is 13.2 Å². The molecule has 0 aliphatic carbocycles. The zero-order valence-corrected chi connectivity index (χ0v) is 6.32. The maximum Gasteiger partial charge on any atom is 0.451 e. The Kier molecular flexibility index (Phi) is 2.31. The summed E-state index contributed by atoms with van der Waals surface area (Å²) in [6.45, 7) is 0.607. The van der Waals surface area contributed by atoms with Gasteiger partial charge in [-0.1, -0.05) is 0 Å². The first kappa shape index (κ1) is 9.73. The third-order valence-electron chi connectivity index (χ3n) is 1.67. The van der Waals surface area contributed by atoms with Crippen molar-refractivity contribution >= 4 is 0 Å². The molecule has 1 saturated heterocycles. The molecule has 12 heavy (non-hydrogen) atoms. The van der Waals surface area contributed by atoms with E-state index in [0.717, 1.165) is 6.92 Å². The minimum absolute atomic E-state index is 0.0110. The summed E-state index contributed by atoms with van der Waals surface area (Å²) in [6.07, 6.45) is -6.64. The molecule has 2 nitrogen and oxygen atoms in total. The summed E-state index contributed by atoms with van der Waals surface area (Å²) in [5, 5.41) is 0. The van der Waals surface area contributed by atoms with Crippen molar-refractivity contribution in [2.45, 2.75) is 25.1 Å². The smallest absolute Gasteiger partial charge is 0.370 e. The molecular formula is C6H8F4O2. The van der Waals surface area contributed by atoms with Crippen LogP contribution >= 0.6 is 0 Å². The van der Waals surface area contributed by atoms with Crippen molar-refractivity contribution in [2.75, 3.05) is 13.2 Å². The van der Waals surface area contributed by atoms with Crippen LogP contribution in [0, 0.1) is 0 Å². The van der Waals surface area contributed by atoms with Crippen LogP contribution in [0.25, 0.3) is 0 Å². The molecule has 0 N–H and O–H groups in total. The van der Waals surface area contributed by atoms with Crippen LogP contribution in [0.1, 0.15) is 6.92 Å². The Morgan fingerprint density at radius 3 is 2.25 bits per heavy atom. The SMILES string of the molecule is CC1OCCOC1(F)C(F)(F)F. The Labute approximate surface area is 66.4 Å². The van der Waals surface area contributed by atoms with Crippen LogP contribution in [0.3, 0.4) is 0 Å². The van der Waals surface area contributed by atoms with Crippen molar-refractivity contribution in [3.8, 4) is 0 Å². The second kappa shape index (κ2) is 2.85. The van der Waals surface area contributed by atoms with Gasteiger partial charge in [-0.05, 0) is 6.92 Å². The highest BCUT2D eigenvalue weighted by molar-refractivity contribution is 4.86. The van der Waals surface area contributed by atoms with Crippen molar-refractivity contribution in [1.82, 2.24) is 0 Å². The van der Waals surface area contributed by atoms with Crippen LogP contribution in [0.5, 0.6) is 0 Å². The molecule has 1 rings (SSSR count). The summed E-state index contributed by atoms with van der Waals surface area (Å²) >= 11 is 0. The Hall–Kier alpha value is -0.360. The molecule has 1 aliphatic rings. The first-order valence-corrected chi connectivity index (χ1v) is 3.39. The molecule has 2 atom stereocenters. The monoisotopic (exact) mass is 188 g/mol. The van der Waals surface area contributed by atoms with Gasteiger partial charge in [0.2, 0.25) is 0 Å². The van der Waals surface area contributed by atoms with E-state index in [1.54, 1.807) is 0 Å². The Balaban J connectivity index is 2.79. The predicted molar refractivity (Wildman–Crippen MR) is 31.3 cm³/mol. The fourth-order valence-electron chi connectivity index (χ4n) is 0.952. The number of halogens is 4. The molecule has 1 aliphatic heterocycles. The van der Waals surface area contributed by atoms with Gasteiger partial charge >= 0.3 is 12.0 Å². The quantitative estimate of drug-likeness (QED) is 0.538. The lowest BCUT2D eigenvalue weighted by Crippen LogP contribution is -2.56. The Morgan fingerprint density at radius 2 is 1.92 bits per heavy atom. The van der Waals surface area contributed by atoms with E-state index in [1.807, 2.05) is 0 Å². The zero-order valence-electron chi connectivity index (χ0n) is 6.32. The molecule has 2 unspecified atom stereocenters. The van der Waals surface area contributed by atoms with E-state index in [-0.39, 0.29) is 13.2 Å². The first-order valence-electron chi connectivity index (χ1n) is 3.39. The van der Waals surface area contributed by atoms with Gasteiger partial charge in [-0.25, -0.2) is 0 Å². The second-order valence-electron chi connectivity index (χ2n) is 2.50. The molecule has 0 aromatic heterocycles. The Morgan fingerprint density at radius 1 is 1.33 bits per heavy atom. The highest BCUT2D eigenvalue weighted by Gasteiger charge is 2.63. The van der Waals surface area contributed by atoms with Gasteiger partial charge < -0.3 is 9.47 Å². The lowest BCUT2D eigenvalue weighted by Gasteiger charge is -2.36. The topological polar surface area (TPSA) is 18.5 Å². The molecule has 0 aromatic rings. The van der Waals surface area contributed by atoms with Gasteiger partial charge in [-0.2, -0.15) is 17.6 Å². The number of ether oxygens (including phenoxy) is 2. The van der Waals surface area contributed by atoms with Crippen LogP contribution in [-0.4, -0.2) is 31.3 Å². The average Bonchev–Trinajstić information content (AvgIpc) is 1.93. The third-order valence-corrected chi connectivity index (χ3v) is 1.67. The van der Waals surface area contributed by atoms with Gasteiger partial charge in [0.1, 0.15) is 6.10 Å². The van der Waals surface area contributed by atoms with E-state index in [2.05, 4.69) is 9.47 Å². The minimum Gasteiger partial charge on any atom is -0.370 e. The lowest BCUT2D eigenvalue weighted by atomic mass is 10.1. The van der Waals surface area contributed by atoms with Crippen LogP contribution in [0.15, 0.2) is 0 Å². The summed E-state index contributed by atoms with van der Waals surface area (Å²) in [5.41, 5.74) is 0. The molecule has 1 fully saturated rings. The predicted octanol–water partition coefficient (Wildman–Crippen LogP) is 1.65. The molecule has 0 aromatic carbocycles. The van der Waals surface area contributed by atoms with Gasteiger partial charge in [0, 0.05) is 0 Å². The average molecular weight is 188 g/mol. The maximum absolute atomic E-state index is 13.0. The summed E-state index contributed by atoms with van der Waals surface area (Å²) in [6, 6.07) is 0. The van der Waals surface area contributed by atoms with E-state index in [4.69, 9.17) is 0 Å². The largest absolute Gasteiger partial charge is 0.451 e. The molecule has 0 spiro atoms. The van der Waals surface area contributed by atoms with Crippen LogP contribution < -0.4 is 0 Å². The second-order valence-corrected chi connectivity index (χ2v) is 2.50. The van der Waals surface area contributed by atoms with Crippen molar-refractivity contribution < 1.29 is 27.0 Å². The van der Waals surface area contributed by atoms with Crippen molar-refractivity contribution in [3.05, 3.63) is 0 Å². The van der Waals surface area contributed by atoms with Crippen molar-refractivity contribution in [3.63, 3.8) is 0 Å². The standard InChI is InChI=1S/C6H8F4O2/c1-4-5(7,6(8,9)10)12-3-2-11-4/h4H,2-3H2,1H3. The molecule has 6 heteroatoms. The van der Waals surface area contributed by atoms with Gasteiger partial charge in [-0.3, -0.25) is 0 Å². The fraction of sp³-hybridized carbons (Fsp3) is 1.00. The number of hydrogen-bond donors (Lipinski definition) is 0. The highest BCUT2D eigenvalue weighted by Crippen LogP contribution is 2.40. The summed E-state index contributed by atoms with van der Waals surface area (Å²) < 4.78 is 57.5. The van der Waals surface area contributed by atoms with Crippen LogP contribution in [0.4, 0.5) is 17.6 Å². The van der Waals surface area contributed by atoms with E-state index < -0.39 is 18.1 Å². The first-order chi connectivity index (χ1) is 5.38. The normalized spacial score (nSPS) is 38.2. The van der Waals surface area contributed by atoms with E-state index >= 15 is 0 Å². The summed E-state index contributed by atoms with van der Waals surface area (Å²) in [5.74, 6) is -3.65. The fourth-order valence-corrected chi connectivity index (χ4v) is 0.952. The zero-order chi connectivity index (χ0) is 9.41. The van der Waals surface area contributed by atoms with Crippen molar-refractivity contribution in [2.24, 2.45) is 0 Å². The molecule has 0 radical (unpaired) electrons. The molecule has 0 saturated carbocycles. The number of hydrogen-bond acceptors (Lipinski definition) is 2. The third kappa shape index (κ3) is 1.40. The van der Waals surface area contributed by atoms with Crippen LogP contribution in [-0.2, 0) is 9.47 Å². The van der Waals surface area contributed by atoms with Gasteiger partial charge in [0.15, 0.2) is 0 Å². The molecule has 0 bridgehead atoms. The molecule has 72 valence electrons. The highest BCUT2D eigenvalue weighted by atomic mass is 19.4. The van der Waals surface area contributed by atoms with E-state index in [1.165, 1.54) is 0 Å². The van der Waals surface area contributed by atoms with Gasteiger partial charge in [-0.15, -0.1) is 0 Å². The minimum atomic E-state index is -5.03. The van der Waals surface area contributed by atoms with E-state index in [9.17, 15) is 17.6 Å². The number of alkyl halides is 4. The molecule has 0 amide bonds. The summed E-state index contributed by atoms with van der Waals surface area (Å²) in [4.78, 5) is 0. The van der Waals surface area contributed by atoms with Crippen molar-refractivity contribution in [1.29, 1.82) is 0 Å². The number of rotatable bonds is 0. The Bertz CT molecular complexity index is 169. The maximum atomic E-state index is 13.0. The van der Waals surface area contributed by atoms with E-state index in [0.29, 0.717) is 0 Å². The molecular weight excluding hydrogens is 180 g/mol. The lowest BCUT2D eigenvalue weighted by molar-refractivity contribution is -0.384. The summed E-state index contributed by atoms with van der Waals surface area (Å²) in [7, 11) is 0. The van der Waals surface area contributed by atoms with Gasteiger partial charge in [0.25, 0.3) is 0 Å².